The molecule has 0 radical (unpaired) electrons. The maximum atomic E-state index is 11.6. The van der Waals surface area contributed by atoms with Gasteiger partial charge in [0.25, 0.3) is 0 Å². The Bertz CT molecular complexity index is 364. The lowest BCUT2D eigenvalue weighted by molar-refractivity contribution is -0.147. The standard InChI is InChI=1S/C13H21NO5/c1-5-8(2)12(13(18)19-4)14-11(17)7-10(16)6-9(3)15/h8,12H,5-7H2,1-4H3,(H,14,17)/t8-,12-/m0/s1. The van der Waals surface area contributed by atoms with Crippen LogP contribution in [0.15, 0.2) is 0 Å². The molecule has 6 heteroatoms. The number of carbonyl (C=O) groups is 4. The first-order valence-electron chi connectivity index (χ1n) is 6.20. The maximum absolute atomic E-state index is 11.6. The minimum Gasteiger partial charge on any atom is -0.467 e. The Kier molecular flexibility index (Phi) is 7.63. The predicted molar refractivity (Wildman–Crippen MR) is 68.3 cm³/mol. The van der Waals surface area contributed by atoms with Crippen LogP contribution in [0.25, 0.3) is 0 Å². The average molecular weight is 271 g/mol. The smallest absolute Gasteiger partial charge is 0.328 e. The summed E-state index contributed by atoms with van der Waals surface area (Å²) >= 11 is 0. The normalized spacial score (nSPS) is 13.3. The molecule has 0 aliphatic heterocycles. The van der Waals surface area contributed by atoms with Gasteiger partial charge in [-0.3, -0.25) is 14.4 Å². The third-order valence-electron chi connectivity index (χ3n) is 2.79. The van der Waals surface area contributed by atoms with Crippen molar-refractivity contribution in [1.29, 1.82) is 0 Å². The number of methoxy groups -OCH3 is 1. The number of hydrogen-bond acceptors (Lipinski definition) is 5. The molecular weight excluding hydrogens is 250 g/mol. The van der Waals surface area contributed by atoms with Crippen LogP contribution in [0.1, 0.15) is 40.0 Å². The van der Waals surface area contributed by atoms with Gasteiger partial charge >= 0.3 is 5.97 Å². The van der Waals surface area contributed by atoms with Crippen LogP contribution in [0.2, 0.25) is 0 Å². The van der Waals surface area contributed by atoms with Crippen molar-refractivity contribution in [2.45, 2.75) is 46.1 Å². The molecule has 0 aromatic heterocycles. The molecule has 0 aromatic rings. The van der Waals surface area contributed by atoms with Crippen LogP contribution in [0.5, 0.6) is 0 Å². The average Bonchev–Trinajstić information content (AvgIpc) is 2.32. The Morgan fingerprint density at radius 2 is 1.74 bits per heavy atom. The molecule has 6 nitrogen and oxygen atoms in total. The number of amides is 1. The fourth-order valence-electron chi connectivity index (χ4n) is 1.54. The first-order valence-corrected chi connectivity index (χ1v) is 6.20. The number of rotatable bonds is 8. The summed E-state index contributed by atoms with van der Waals surface area (Å²) in [5, 5.41) is 2.48. The second-order valence-corrected chi connectivity index (χ2v) is 4.55. The van der Waals surface area contributed by atoms with Crippen molar-refractivity contribution in [3.63, 3.8) is 0 Å². The van der Waals surface area contributed by atoms with Gasteiger partial charge in [-0.2, -0.15) is 0 Å². The van der Waals surface area contributed by atoms with Gasteiger partial charge in [0.2, 0.25) is 5.91 Å². The van der Waals surface area contributed by atoms with Crippen LogP contribution in [0, 0.1) is 5.92 Å². The quantitative estimate of drug-likeness (QED) is 0.516. The van der Waals surface area contributed by atoms with Gasteiger partial charge in [0, 0.05) is 0 Å². The van der Waals surface area contributed by atoms with E-state index in [1.807, 2.05) is 6.92 Å². The third-order valence-corrected chi connectivity index (χ3v) is 2.79. The predicted octanol–water partition coefficient (Wildman–Crippen LogP) is 0.629. The fourth-order valence-corrected chi connectivity index (χ4v) is 1.54. The summed E-state index contributed by atoms with van der Waals surface area (Å²) in [5.74, 6) is -1.95. The summed E-state index contributed by atoms with van der Waals surface area (Å²) in [6.07, 6.45) is 0.0184. The van der Waals surface area contributed by atoms with Crippen molar-refractivity contribution in [3.8, 4) is 0 Å². The Hall–Kier alpha value is -1.72. The zero-order valence-corrected chi connectivity index (χ0v) is 11.8. The summed E-state index contributed by atoms with van der Waals surface area (Å²) in [4.78, 5) is 45.2. The van der Waals surface area contributed by atoms with E-state index >= 15 is 0 Å². The Morgan fingerprint density at radius 3 is 2.16 bits per heavy atom. The number of esters is 1. The number of nitrogens with one attached hydrogen (secondary N) is 1. The van der Waals surface area contributed by atoms with Crippen molar-refractivity contribution in [3.05, 3.63) is 0 Å². The van der Waals surface area contributed by atoms with Crippen molar-refractivity contribution in [2.75, 3.05) is 7.11 Å². The number of Topliss-reactive ketones (excluding diaryl/α,β-unsaturated/α-hetero) is 2. The monoisotopic (exact) mass is 271 g/mol. The molecule has 108 valence electrons. The highest BCUT2D eigenvalue weighted by Gasteiger charge is 2.27. The van der Waals surface area contributed by atoms with Crippen LogP contribution >= 0.6 is 0 Å². The largest absolute Gasteiger partial charge is 0.467 e. The molecule has 0 saturated carbocycles. The zero-order valence-electron chi connectivity index (χ0n) is 11.8. The summed E-state index contributed by atoms with van der Waals surface area (Å²) in [6.45, 7) is 4.97. The van der Waals surface area contributed by atoms with Crippen molar-refractivity contribution in [2.24, 2.45) is 5.92 Å². The summed E-state index contributed by atoms with van der Waals surface area (Å²) in [6, 6.07) is -0.771. The van der Waals surface area contributed by atoms with E-state index < -0.39 is 30.1 Å². The summed E-state index contributed by atoms with van der Waals surface area (Å²) in [5.41, 5.74) is 0. The molecule has 0 rings (SSSR count). The topological polar surface area (TPSA) is 89.5 Å². The first-order chi connectivity index (χ1) is 8.81. The Labute approximate surface area is 112 Å². The molecule has 0 saturated heterocycles. The number of ketones is 2. The van der Waals surface area contributed by atoms with Crippen LogP contribution in [-0.4, -0.2) is 36.6 Å². The molecule has 0 aliphatic carbocycles. The van der Waals surface area contributed by atoms with Gasteiger partial charge in [-0.15, -0.1) is 0 Å². The van der Waals surface area contributed by atoms with E-state index in [-0.39, 0.29) is 18.1 Å². The van der Waals surface area contributed by atoms with Gasteiger partial charge in [0.15, 0.2) is 0 Å². The van der Waals surface area contributed by atoms with Crippen LogP contribution in [0.3, 0.4) is 0 Å². The van der Waals surface area contributed by atoms with Gasteiger partial charge in [0.1, 0.15) is 17.6 Å². The van der Waals surface area contributed by atoms with E-state index in [0.29, 0.717) is 6.42 Å². The highest BCUT2D eigenvalue weighted by molar-refractivity contribution is 6.06. The third kappa shape index (κ3) is 6.69. The summed E-state index contributed by atoms with van der Waals surface area (Å²) in [7, 11) is 1.24. The molecule has 19 heavy (non-hydrogen) atoms. The van der Waals surface area contributed by atoms with Gasteiger partial charge < -0.3 is 10.1 Å². The molecule has 1 amide bonds. The molecule has 1 N–H and O–H groups in total. The fraction of sp³-hybridized carbons (Fsp3) is 0.692. The molecular formula is C13H21NO5. The molecule has 0 fully saturated rings. The lowest BCUT2D eigenvalue weighted by atomic mass is 9.99. The van der Waals surface area contributed by atoms with Crippen molar-refractivity contribution in [1.82, 2.24) is 5.32 Å². The van der Waals surface area contributed by atoms with Crippen LogP contribution in [0.4, 0.5) is 0 Å². The number of hydrogen-bond donors (Lipinski definition) is 1. The van der Waals surface area contributed by atoms with E-state index in [9.17, 15) is 19.2 Å². The minimum atomic E-state index is -0.771. The van der Waals surface area contributed by atoms with Crippen molar-refractivity contribution < 1.29 is 23.9 Å². The van der Waals surface area contributed by atoms with E-state index in [1.54, 1.807) is 6.92 Å². The molecule has 0 spiro atoms. The molecule has 0 heterocycles. The van der Waals surface area contributed by atoms with E-state index in [4.69, 9.17) is 0 Å². The Balaban J connectivity index is 4.51. The number of ether oxygens (including phenoxy) is 1. The van der Waals surface area contributed by atoms with Gasteiger partial charge in [-0.1, -0.05) is 20.3 Å². The molecule has 0 aromatic carbocycles. The van der Waals surface area contributed by atoms with E-state index in [2.05, 4.69) is 10.1 Å². The minimum absolute atomic E-state index is 0.0979. The molecule has 0 aliphatic rings. The lowest BCUT2D eigenvalue weighted by Crippen LogP contribution is -2.46. The second-order valence-electron chi connectivity index (χ2n) is 4.55. The van der Waals surface area contributed by atoms with Gasteiger partial charge in [-0.05, 0) is 12.8 Å². The zero-order chi connectivity index (χ0) is 15.0. The Morgan fingerprint density at radius 1 is 1.16 bits per heavy atom. The van der Waals surface area contributed by atoms with Crippen LogP contribution < -0.4 is 5.32 Å². The van der Waals surface area contributed by atoms with Crippen LogP contribution in [-0.2, 0) is 23.9 Å². The molecule has 2 atom stereocenters. The molecule has 0 bridgehead atoms. The number of carbonyl (C=O) groups excluding carboxylic acids is 4. The van der Waals surface area contributed by atoms with Crippen molar-refractivity contribution >= 4 is 23.4 Å². The first kappa shape index (κ1) is 17.3. The van der Waals surface area contributed by atoms with Gasteiger partial charge in [-0.25, -0.2) is 4.79 Å². The highest BCUT2D eigenvalue weighted by atomic mass is 16.5. The lowest BCUT2D eigenvalue weighted by Gasteiger charge is -2.21. The van der Waals surface area contributed by atoms with E-state index in [0.717, 1.165) is 0 Å². The highest BCUT2D eigenvalue weighted by Crippen LogP contribution is 2.09. The second kappa shape index (κ2) is 8.39. The SMILES string of the molecule is CC[C@H](C)[C@H](NC(=O)CC(=O)CC(C)=O)C(=O)OC. The maximum Gasteiger partial charge on any atom is 0.328 e. The van der Waals surface area contributed by atoms with E-state index in [1.165, 1.54) is 14.0 Å². The van der Waals surface area contributed by atoms with Gasteiger partial charge in [0.05, 0.1) is 20.0 Å². The summed E-state index contributed by atoms with van der Waals surface area (Å²) < 4.78 is 4.61. The molecule has 0 unspecified atom stereocenters.